The third-order valence-corrected chi connectivity index (χ3v) is 10.4. The number of fused-ring (bicyclic) bond motifs is 3. The molecule has 0 saturated carbocycles. The van der Waals surface area contributed by atoms with E-state index in [0.29, 0.717) is 42.0 Å². The van der Waals surface area contributed by atoms with E-state index in [1.165, 1.54) is 16.6 Å². The molecular weight excluding hydrogens is 557 g/mol. The number of piperazine rings is 1. The zero-order valence-electron chi connectivity index (χ0n) is 18.0. The number of nitrogens with two attached hydrogens (primary N) is 1. The van der Waals surface area contributed by atoms with Gasteiger partial charge in [-0.3, -0.25) is 0 Å². The summed E-state index contributed by atoms with van der Waals surface area (Å²) >= 11 is -1.91. The molecule has 1 fully saturated rings. The molecule has 34 heavy (non-hydrogen) atoms. The SMILES string of the molecule is Nc1nc2c(c3nc(-c4ccco4)nn13)C=NI2CCN1CCN(c2ccc(F)cc2F)CC1. The second-order valence-electron chi connectivity index (χ2n) is 8.00. The first-order valence-corrected chi connectivity index (χ1v) is 14.4. The van der Waals surface area contributed by atoms with Gasteiger partial charge in [0.05, 0.1) is 0 Å². The second kappa shape index (κ2) is 8.58. The monoisotopic (exact) mass is 578 g/mol. The molecule has 176 valence electrons. The van der Waals surface area contributed by atoms with Gasteiger partial charge in [-0.15, -0.1) is 0 Å². The van der Waals surface area contributed by atoms with E-state index in [4.69, 9.17) is 13.4 Å². The number of halogens is 3. The third-order valence-electron chi connectivity index (χ3n) is 5.95. The van der Waals surface area contributed by atoms with Crippen molar-refractivity contribution in [2.75, 3.05) is 47.8 Å². The van der Waals surface area contributed by atoms with Crippen LogP contribution in [0.1, 0.15) is 5.56 Å². The van der Waals surface area contributed by atoms with Crippen molar-refractivity contribution < 1.29 is 13.2 Å². The van der Waals surface area contributed by atoms with Crippen molar-refractivity contribution in [1.82, 2.24) is 24.5 Å². The second-order valence-corrected chi connectivity index (χ2v) is 12.6. The van der Waals surface area contributed by atoms with E-state index in [1.807, 2.05) is 11.1 Å². The van der Waals surface area contributed by atoms with Crippen LogP contribution in [0.15, 0.2) is 44.2 Å². The molecule has 2 aliphatic rings. The van der Waals surface area contributed by atoms with Crippen molar-refractivity contribution in [3.05, 3.63) is 57.5 Å². The van der Waals surface area contributed by atoms with Crippen molar-refractivity contribution in [1.29, 1.82) is 0 Å². The van der Waals surface area contributed by atoms with Crippen molar-refractivity contribution in [3.63, 3.8) is 0 Å². The average Bonchev–Trinajstić information content (AvgIpc) is 3.58. The quantitative estimate of drug-likeness (QED) is 0.221. The molecule has 0 spiro atoms. The Morgan fingerprint density at radius 2 is 1.94 bits per heavy atom. The van der Waals surface area contributed by atoms with Crippen LogP contribution in [0.5, 0.6) is 0 Å². The number of hydrogen-bond acceptors (Lipinski definition) is 8. The van der Waals surface area contributed by atoms with Crippen LogP contribution in [0.4, 0.5) is 20.4 Å². The van der Waals surface area contributed by atoms with E-state index in [2.05, 4.69) is 20.0 Å². The van der Waals surface area contributed by atoms with Gasteiger partial charge in [0.15, 0.2) is 0 Å². The van der Waals surface area contributed by atoms with E-state index in [-0.39, 0.29) is 0 Å². The first-order chi connectivity index (χ1) is 16.6. The normalized spacial score (nSPS) is 17.1. The maximum absolute atomic E-state index is 14.1. The number of nitrogens with zero attached hydrogens (tertiary/aromatic N) is 7. The van der Waals surface area contributed by atoms with Crippen molar-refractivity contribution in [3.8, 4) is 11.6 Å². The topological polar surface area (TPSA) is 101 Å². The number of anilines is 2. The minimum absolute atomic E-state index is 0.293. The Labute approximate surface area is 201 Å². The van der Waals surface area contributed by atoms with Crippen molar-refractivity contribution >= 4 is 43.6 Å². The van der Waals surface area contributed by atoms with Crippen LogP contribution in [0, 0.1) is 15.3 Å². The van der Waals surface area contributed by atoms with Gasteiger partial charge in [0, 0.05) is 0 Å². The Morgan fingerprint density at radius 1 is 1.09 bits per heavy atom. The van der Waals surface area contributed by atoms with Crippen LogP contribution in [0.3, 0.4) is 0 Å². The van der Waals surface area contributed by atoms with Gasteiger partial charge < -0.3 is 0 Å². The molecule has 0 unspecified atom stereocenters. The fourth-order valence-corrected chi connectivity index (χ4v) is 8.56. The number of hydrogen-bond donors (Lipinski definition) is 1. The summed E-state index contributed by atoms with van der Waals surface area (Å²) in [5.41, 5.74) is 8.20. The summed E-state index contributed by atoms with van der Waals surface area (Å²) in [6.07, 6.45) is 3.44. The summed E-state index contributed by atoms with van der Waals surface area (Å²) in [4.78, 5) is 13.6. The third kappa shape index (κ3) is 3.79. The predicted molar refractivity (Wildman–Crippen MR) is 133 cm³/mol. The first kappa shape index (κ1) is 21.4. The summed E-state index contributed by atoms with van der Waals surface area (Å²) in [6, 6.07) is 7.34. The van der Waals surface area contributed by atoms with Crippen LogP contribution in [0.2, 0.25) is 0 Å². The fourth-order valence-electron chi connectivity index (χ4n) is 4.18. The molecule has 5 heterocycles. The van der Waals surface area contributed by atoms with Gasteiger partial charge in [0.1, 0.15) is 0 Å². The zero-order chi connectivity index (χ0) is 23.2. The minimum atomic E-state index is -1.91. The van der Waals surface area contributed by atoms with E-state index < -0.39 is 31.7 Å². The summed E-state index contributed by atoms with van der Waals surface area (Å²) in [5, 5.41) is 4.44. The van der Waals surface area contributed by atoms with Gasteiger partial charge >= 0.3 is 201 Å². The molecule has 6 rings (SSSR count). The van der Waals surface area contributed by atoms with Crippen molar-refractivity contribution in [2.24, 2.45) is 3.21 Å². The van der Waals surface area contributed by atoms with Crippen LogP contribution in [-0.2, 0) is 0 Å². The number of nitrogen functional groups attached to an aromatic ring is 1. The zero-order valence-corrected chi connectivity index (χ0v) is 20.2. The number of rotatable bonds is 5. The maximum atomic E-state index is 14.1. The predicted octanol–water partition coefficient (Wildman–Crippen LogP) is 3.09. The molecule has 4 aromatic rings. The molecule has 12 heteroatoms. The van der Waals surface area contributed by atoms with Crippen LogP contribution >= 0.6 is 20.1 Å². The molecule has 2 aliphatic heterocycles. The van der Waals surface area contributed by atoms with Crippen LogP contribution in [0.25, 0.3) is 17.2 Å². The fraction of sp³-hybridized carbons (Fsp3) is 0.273. The molecule has 9 nitrogen and oxygen atoms in total. The van der Waals surface area contributed by atoms with E-state index in [0.717, 1.165) is 39.4 Å². The van der Waals surface area contributed by atoms with Gasteiger partial charge in [0.25, 0.3) is 0 Å². The van der Waals surface area contributed by atoms with Crippen LogP contribution in [-0.4, -0.2) is 67.8 Å². The van der Waals surface area contributed by atoms with Gasteiger partial charge in [-0.2, -0.15) is 0 Å². The van der Waals surface area contributed by atoms with E-state index in [9.17, 15) is 8.78 Å². The molecule has 0 atom stereocenters. The number of alkyl halides is 1. The molecule has 0 radical (unpaired) electrons. The average molecular weight is 578 g/mol. The molecular formula is C22H21F2IN8O. The molecule has 1 aromatic carbocycles. The Kier molecular flexibility index (Phi) is 5.40. The van der Waals surface area contributed by atoms with Crippen molar-refractivity contribution in [2.45, 2.75) is 0 Å². The van der Waals surface area contributed by atoms with Crippen LogP contribution < -0.4 is 10.6 Å². The molecule has 3 aromatic heterocycles. The Morgan fingerprint density at radius 3 is 2.71 bits per heavy atom. The van der Waals surface area contributed by atoms with Gasteiger partial charge in [-0.25, -0.2) is 0 Å². The van der Waals surface area contributed by atoms with Gasteiger partial charge in [-0.1, -0.05) is 0 Å². The number of benzene rings is 1. The first-order valence-electron chi connectivity index (χ1n) is 10.8. The Hall–Kier alpha value is -3.13. The summed E-state index contributed by atoms with van der Waals surface area (Å²) in [6.45, 7) is 3.89. The Bertz CT molecular complexity index is 1380. The molecule has 2 N–H and O–H groups in total. The van der Waals surface area contributed by atoms with E-state index >= 15 is 0 Å². The molecule has 0 amide bonds. The van der Waals surface area contributed by atoms with Gasteiger partial charge in [0.2, 0.25) is 0 Å². The summed E-state index contributed by atoms with van der Waals surface area (Å²) in [5.74, 6) is 0.252. The van der Waals surface area contributed by atoms with E-state index in [1.54, 1.807) is 18.4 Å². The molecule has 0 bridgehead atoms. The number of aromatic nitrogens is 4. The Balaban J connectivity index is 1.13. The van der Waals surface area contributed by atoms with Gasteiger partial charge in [-0.05, 0) is 0 Å². The standard InChI is InChI=1S/C22H21F2IN8O/c23-14-3-4-17(16(24)12-14)32-9-7-31(8-10-32)6-5-25-19-15(13-27-25)21-29-20(18-2-1-11-34-18)30-33(21)22(26)28-19/h1-4,11-13H,5-10H2,(H2,26,28). The summed E-state index contributed by atoms with van der Waals surface area (Å²) in [7, 11) is 0. The molecule has 1 saturated heterocycles. The summed E-state index contributed by atoms with van der Waals surface area (Å²) < 4.78 is 41.0. The molecule has 0 aliphatic carbocycles. The number of furan rings is 1.